The molecule has 0 heterocycles. The van der Waals surface area contributed by atoms with Crippen molar-refractivity contribution in [1.29, 1.82) is 0 Å². The maximum absolute atomic E-state index is 3.53. The first-order valence-electron chi connectivity index (χ1n) is 5.09. The van der Waals surface area contributed by atoms with E-state index < -0.39 is 0 Å². The lowest BCUT2D eigenvalue weighted by Gasteiger charge is -2.14. The predicted octanol–water partition coefficient (Wildman–Crippen LogP) is 3.05. The Hall–Kier alpha value is -0.340. The highest BCUT2D eigenvalue weighted by atomic mass is 79.9. The summed E-state index contributed by atoms with van der Waals surface area (Å²) in [7, 11) is 2.07. The van der Waals surface area contributed by atoms with Gasteiger partial charge in [-0.05, 0) is 50.4 Å². The van der Waals surface area contributed by atoms with Gasteiger partial charge in [-0.2, -0.15) is 0 Å². The van der Waals surface area contributed by atoms with Gasteiger partial charge in [0.25, 0.3) is 0 Å². The second-order valence-electron chi connectivity index (χ2n) is 4.29. The summed E-state index contributed by atoms with van der Waals surface area (Å²) in [6, 6.07) is 6.65. The van der Waals surface area contributed by atoms with Crippen LogP contribution >= 0.6 is 15.9 Å². The number of rotatable bonds is 3. The molecule has 0 bridgehead atoms. The first kappa shape index (κ1) is 10.2. The van der Waals surface area contributed by atoms with Gasteiger partial charge < -0.3 is 5.32 Å². The summed E-state index contributed by atoms with van der Waals surface area (Å²) in [6.45, 7) is 2.15. The lowest BCUT2D eigenvalue weighted by Crippen LogP contribution is -2.29. The Morgan fingerprint density at radius 2 is 2.14 bits per heavy atom. The van der Waals surface area contributed by atoms with Gasteiger partial charge in [-0.1, -0.05) is 28.1 Å². The minimum Gasteiger partial charge on any atom is -0.314 e. The van der Waals surface area contributed by atoms with Gasteiger partial charge in [-0.15, -0.1) is 0 Å². The fraction of sp³-hybridized carbons (Fsp3) is 0.500. The summed E-state index contributed by atoms with van der Waals surface area (Å²) in [5.74, 6) is 0. The van der Waals surface area contributed by atoms with Gasteiger partial charge in [-0.25, -0.2) is 0 Å². The van der Waals surface area contributed by atoms with E-state index in [0.717, 1.165) is 6.42 Å². The van der Waals surface area contributed by atoms with Gasteiger partial charge in [-0.3, -0.25) is 0 Å². The Labute approximate surface area is 94.0 Å². The average Bonchev–Trinajstić information content (AvgIpc) is 2.93. The van der Waals surface area contributed by atoms with Crippen molar-refractivity contribution in [2.45, 2.75) is 31.7 Å². The summed E-state index contributed by atoms with van der Waals surface area (Å²) >= 11 is 3.53. The maximum Gasteiger partial charge on any atom is 0.0220 e. The molecular formula is C12H16BrN. The summed E-state index contributed by atoms with van der Waals surface area (Å²) in [4.78, 5) is 0. The minimum absolute atomic E-state index is 0.417. The van der Waals surface area contributed by atoms with Crippen molar-refractivity contribution < 1.29 is 0 Å². The van der Waals surface area contributed by atoms with E-state index in [1.54, 1.807) is 0 Å². The van der Waals surface area contributed by atoms with E-state index >= 15 is 0 Å². The zero-order valence-electron chi connectivity index (χ0n) is 8.73. The molecule has 0 amide bonds. The Kier molecular flexibility index (Phi) is 2.67. The predicted molar refractivity (Wildman–Crippen MR) is 63.6 cm³/mol. The molecule has 1 aliphatic carbocycles. The molecule has 0 radical (unpaired) electrons. The zero-order valence-corrected chi connectivity index (χ0v) is 10.3. The maximum atomic E-state index is 3.53. The first-order valence-corrected chi connectivity index (χ1v) is 5.88. The van der Waals surface area contributed by atoms with Gasteiger partial charge in [0.05, 0.1) is 0 Å². The number of halogens is 1. The summed E-state index contributed by atoms with van der Waals surface area (Å²) in [5, 5.41) is 3.42. The van der Waals surface area contributed by atoms with E-state index in [4.69, 9.17) is 0 Å². The molecule has 14 heavy (non-hydrogen) atoms. The molecule has 0 spiro atoms. The van der Waals surface area contributed by atoms with Crippen molar-refractivity contribution in [3.63, 3.8) is 0 Å². The Morgan fingerprint density at radius 1 is 1.43 bits per heavy atom. The fourth-order valence-corrected chi connectivity index (χ4v) is 2.12. The van der Waals surface area contributed by atoms with Gasteiger partial charge in [0.2, 0.25) is 0 Å². The van der Waals surface area contributed by atoms with Crippen LogP contribution in [-0.4, -0.2) is 12.6 Å². The second-order valence-corrected chi connectivity index (χ2v) is 5.14. The number of nitrogens with one attached hydrogen (secondary N) is 1. The van der Waals surface area contributed by atoms with Crippen molar-refractivity contribution in [1.82, 2.24) is 5.32 Å². The third-order valence-electron chi connectivity index (χ3n) is 3.15. The molecule has 1 aromatic rings. The molecule has 1 nitrogen and oxygen atoms in total. The molecule has 1 aliphatic rings. The fourth-order valence-electron chi connectivity index (χ4n) is 1.87. The smallest absolute Gasteiger partial charge is 0.0220 e. The highest BCUT2D eigenvalue weighted by molar-refractivity contribution is 9.10. The van der Waals surface area contributed by atoms with Crippen LogP contribution in [0.25, 0.3) is 0 Å². The van der Waals surface area contributed by atoms with Gasteiger partial charge in [0.1, 0.15) is 0 Å². The first-order chi connectivity index (χ1) is 6.65. The molecule has 0 saturated heterocycles. The number of likely N-dealkylation sites (N-methyl/N-ethyl adjacent to an activating group) is 1. The van der Waals surface area contributed by atoms with Crippen molar-refractivity contribution in [3.05, 3.63) is 33.8 Å². The summed E-state index contributed by atoms with van der Waals surface area (Å²) in [5.41, 5.74) is 3.19. The van der Waals surface area contributed by atoms with E-state index in [9.17, 15) is 0 Å². The lowest BCUT2D eigenvalue weighted by atomic mass is 10.0. The van der Waals surface area contributed by atoms with Crippen LogP contribution in [0.3, 0.4) is 0 Å². The molecule has 2 rings (SSSR count). The van der Waals surface area contributed by atoms with E-state index in [1.165, 1.54) is 28.4 Å². The SMILES string of the molecule is CNC1(Cc2ccc(Br)c(C)c2)CC1. The molecule has 1 aromatic carbocycles. The van der Waals surface area contributed by atoms with Gasteiger partial charge in [0.15, 0.2) is 0 Å². The largest absolute Gasteiger partial charge is 0.314 e. The number of hydrogen-bond donors (Lipinski definition) is 1. The van der Waals surface area contributed by atoms with Crippen molar-refractivity contribution in [2.75, 3.05) is 7.05 Å². The van der Waals surface area contributed by atoms with Crippen LogP contribution in [0.1, 0.15) is 24.0 Å². The molecule has 0 atom stereocenters. The molecule has 1 N–H and O–H groups in total. The number of benzene rings is 1. The normalized spacial score (nSPS) is 18.2. The Balaban J connectivity index is 2.14. The monoisotopic (exact) mass is 253 g/mol. The van der Waals surface area contributed by atoms with E-state index in [2.05, 4.69) is 53.4 Å². The summed E-state index contributed by atoms with van der Waals surface area (Å²) < 4.78 is 1.20. The molecule has 2 heteroatoms. The van der Waals surface area contributed by atoms with Crippen LogP contribution in [-0.2, 0) is 6.42 Å². The van der Waals surface area contributed by atoms with Gasteiger partial charge >= 0.3 is 0 Å². The zero-order chi connectivity index (χ0) is 10.2. The van der Waals surface area contributed by atoms with Crippen LogP contribution in [0.2, 0.25) is 0 Å². The standard InChI is InChI=1S/C12H16BrN/c1-9-7-10(3-4-11(9)13)8-12(14-2)5-6-12/h3-4,7,14H,5-6,8H2,1-2H3. The molecule has 0 aliphatic heterocycles. The number of aryl methyl sites for hydroxylation is 1. The topological polar surface area (TPSA) is 12.0 Å². The Bertz CT molecular complexity index is 342. The molecule has 0 aromatic heterocycles. The third-order valence-corrected chi connectivity index (χ3v) is 4.04. The third kappa shape index (κ3) is 2.01. The van der Waals surface area contributed by atoms with Crippen LogP contribution in [0, 0.1) is 6.92 Å². The van der Waals surface area contributed by atoms with Crippen LogP contribution in [0.15, 0.2) is 22.7 Å². The van der Waals surface area contributed by atoms with Crippen LogP contribution < -0.4 is 5.32 Å². The molecule has 0 unspecified atom stereocenters. The highest BCUT2D eigenvalue weighted by Crippen LogP contribution is 2.38. The molecule has 76 valence electrons. The van der Waals surface area contributed by atoms with Crippen LogP contribution in [0.5, 0.6) is 0 Å². The van der Waals surface area contributed by atoms with Crippen molar-refractivity contribution >= 4 is 15.9 Å². The van der Waals surface area contributed by atoms with Crippen molar-refractivity contribution in [3.8, 4) is 0 Å². The molecular weight excluding hydrogens is 238 g/mol. The number of hydrogen-bond acceptors (Lipinski definition) is 1. The van der Waals surface area contributed by atoms with Crippen molar-refractivity contribution in [2.24, 2.45) is 0 Å². The van der Waals surface area contributed by atoms with E-state index in [-0.39, 0.29) is 0 Å². The lowest BCUT2D eigenvalue weighted by molar-refractivity contribution is 0.548. The highest BCUT2D eigenvalue weighted by Gasteiger charge is 2.40. The minimum atomic E-state index is 0.417. The Morgan fingerprint density at radius 3 is 2.64 bits per heavy atom. The summed E-state index contributed by atoms with van der Waals surface area (Å²) in [6.07, 6.45) is 3.80. The van der Waals surface area contributed by atoms with Gasteiger partial charge in [0, 0.05) is 10.0 Å². The quantitative estimate of drug-likeness (QED) is 0.874. The molecule has 1 saturated carbocycles. The van der Waals surface area contributed by atoms with E-state index in [1.807, 2.05) is 0 Å². The second kappa shape index (κ2) is 3.67. The average molecular weight is 254 g/mol. The van der Waals surface area contributed by atoms with E-state index in [0.29, 0.717) is 5.54 Å². The molecule has 1 fully saturated rings. The van der Waals surface area contributed by atoms with Crippen LogP contribution in [0.4, 0.5) is 0 Å².